The van der Waals surface area contributed by atoms with Crippen molar-refractivity contribution in [2.75, 3.05) is 13.1 Å². The van der Waals surface area contributed by atoms with Gasteiger partial charge in [0.2, 0.25) is 5.17 Å². The Morgan fingerprint density at radius 1 is 1.42 bits per heavy atom. The van der Waals surface area contributed by atoms with Crippen LogP contribution in [0.5, 0.6) is 0 Å². The summed E-state index contributed by atoms with van der Waals surface area (Å²) in [5.74, 6) is 0. The van der Waals surface area contributed by atoms with Crippen molar-refractivity contribution in [2.45, 2.75) is 33.1 Å². The largest absolute Gasteiger partial charge is 0.340 e. The first-order chi connectivity index (χ1) is 5.76. The lowest BCUT2D eigenvalue weighted by Gasteiger charge is -2.15. The van der Waals surface area contributed by atoms with Crippen LogP contribution in [0, 0.1) is 0 Å². The molecular formula is C8H17NO2S. The molecule has 0 saturated carbocycles. The van der Waals surface area contributed by atoms with Gasteiger partial charge in [0.05, 0.1) is 0 Å². The Hall–Kier alpha value is -0.190. The lowest BCUT2D eigenvalue weighted by molar-refractivity contribution is 0.348. The highest BCUT2D eigenvalue weighted by Gasteiger charge is 2.05. The van der Waals surface area contributed by atoms with Crippen LogP contribution in [-0.2, 0) is 11.3 Å². The molecule has 0 aromatic rings. The average Bonchev–Trinajstić information content (AvgIpc) is 2.11. The lowest BCUT2D eigenvalue weighted by atomic mass is 10.2. The fraction of sp³-hybridized carbons (Fsp3) is 0.875. The molecule has 0 aromatic carbocycles. The maximum atomic E-state index is 10.3. The number of aliphatic hydroxyl groups is 1. The molecule has 0 radical (unpaired) electrons. The highest BCUT2D eigenvalue weighted by atomic mass is 32.1. The normalized spacial score (nSPS) is 10.3. The molecule has 0 aliphatic rings. The summed E-state index contributed by atoms with van der Waals surface area (Å²) in [5.41, 5.74) is 0. The van der Waals surface area contributed by atoms with Crippen molar-refractivity contribution in [3.05, 3.63) is 0 Å². The van der Waals surface area contributed by atoms with Crippen molar-refractivity contribution >= 4 is 16.4 Å². The molecule has 0 aliphatic heterocycles. The Kier molecular flexibility index (Phi) is 7.34. The Morgan fingerprint density at radius 2 is 2.08 bits per heavy atom. The standard InChI is InChI=1S/C8H17NO2S/c1-3-5-6-7-9(4-2)8(10)12-11/h10H,3-7H2,1-2H3. The van der Waals surface area contributed by atoms with Crippen LogP contribution in [0.4, 0.5) is 0 Å². The van der Waals surface area contributed by atoms with Gasteiger partial charge in [-0.15, -0.1) is 0 Å². The quantitative estimate of drug-likeness (QED) is 0.527. The summed E-state index contributed by atoms with van der Waals surface area (Å²) in [4.78, 5) is 1.70. The van der Waals surface area contributed by atoms with Crippen LogP contribution in [0.15, 0.2) is 0 Å². The van der Waals surface area contributed by atoms with Gasteiger partial charge in [-0.05, 0) is 6.42 Å². The Morgan fingerprint density at radius 3 is 2.50 bits per heavy atom. The molecule has 72 valence electrons. The van der Waals surface area contributed by atoms with E-state index < -0.39 is 0 Å². The fourth-order valence-electron chi connectivity index (χ4n) is 0.994. The minimum absolute atomic E-state index is 0.103. The minimum atomic E-state index is -0.103. The molecule has 0 bridgehead atoms. The van der Waals surface area contributed by atoms with Gasteiger partial charge in [-0.1, -0.05) is 26.7 Å². The van der Waals surface area contributed by atoms with Gasteiger partial charge < -0.3 is 5.11 Å². The van der Waals surface area contributed by atoms with E-state index in [1.807, 2.05) is 6.92 Å². The van der Waals surface area contributed by atoms with Gasteiger partial charge in [0.25, 0.3) is 0 Å². The monoisotopic (exact) mass is 191 g/mol. The van der Waals surface area contributed by atoms with Crippen molar-refractivity contribution in [3.8, 4) is 0 Å². The molecular weight excluding hydrogens is 174 g/mol. The molecule has 0 atom stereocenters. The minimum Gasteiger partial charge on any atom is -0.340 e. The second-order valence-electron chi connectivity index (χ2n) is 2.65. The third-order valence-corrected chi connectivity index (χ3v) is 2.17. The first-order valence-electron chi connectivity index (χ1n) is 4.36. The van der Waals surface area contributed by atoms with Crippen LogP contribution in [0.1, 0.15) is 33.1 Å². The van der Waals surface area contributed by atoms with Gasteiger partial charge in [0.1, 0.15) is 11.3 Å². The Balaban J connectivity index is 3.76. The number of hydrogen-bond acceptors (Lipinski definition) is 1. The maximum absolute atomic E-state index is 10.3. The highest BCUT2D eigenvalue weighted by Crippen LogP contribution is 1.97. The second kappa shape index (κ2) is 7.46. The molecule has 0 aliphatic carbocycles. The number of rotatable bonds is 5. The molecule has 0 amide bonds. The topological polar surface area (TPSA) is 40.5 Å². The molecule has 0 rings (SSSR count). The van der Waals surface area contributed by atoms with Gasteiger partial charge in [-0.25, -0.2) is 9.11 Å². The number of unbranched alkanes of at least 4 members (excludes halogenated alkanes) is 2. The first-order valence-corrected chi connectivity index (χ1v) is 5.11. The molecule has 3 nitrogen and oxygen atoms in total. The predicted molar refractivity (Wildman–Crippen MR) is 52.6 cm³/mol. The molecule has 0 saturated heterocycles. The zero-order chi connectivity index (χ0) is 9.40. The molecule has 0 spiro atoms. The molecule has 12 heavy (non-hydrogen) atoms. The van der Waals surface area contributed by atoms with E-state index >= 15 is 0 Å². The van der Waals surface area contributed by atoms with E-state index in [2.05, 4.69) is 6.92 Å². The number of aliphatic hydroxyl groups excluding tert-OH is 1. The van der Waals surface area contributed by atoms with Crippen LogP contribution in [0.2, 0.25) is 0 Å². The summed E-state index contributed by atoms with van der Waals surface area (Å²) >= 11 is 0.164. The van der Waals surface area contributed by atoms with Crippen LogP contribution in [-0.4, -0.2) is 32.5 Å². The van der Waals surface area contributed by atoms with Gasteiger partial charge in [0, 0.05) is 13.1 Å². The maximum Gasteiger partial charge on any atom is 0.216 e. The molecule has 1 N–H and O–H groups in total. The smallest absolute Gasteiger partial charge is 0.216 e. The zero-order valence-corrected chi connectivity index (χ0v) is 8.56. The van der Waals surface area contributed by atoms with E-state index in [9.17, 15) is 4.21 Å². The zero-order valence-electron chi connectivity index (χ0n) is 7.75. The van der Waals surface area contributed by atoms with Crippen molar-refractivity contribution in [3.63, 3.8) is 0 Å². The first kappa shape index (κ1) is 11.8. The van der Waals surface area contributed by atoms with Crippen molar-refractivity contribution in [1.29, 1.82) is 0 Å². The Labute approximate surface area is 77.5 Å². The summed E-state index contributed by atoms with van der Waals surface area (Å²) < 4.78 is 10.3. The Bertz CT molecular complexity index is 166. The van der Waals surface area contributed by atoms with Crippen molar-refractivity contribution < 1.29 is 9.32 Å². The predicted octanol–water partition coefficient (Wildman–Crippen LogP) is 1.36. The molecule has 0 fully saturated rings. The molecule has 4 heteroatoms. The van der Waals surface area contributed by atoms with Gasteiger partial charge in [-0.3, -0.25) is 0 Å². The highest BCUT2D eigenvalue weighted by molar-refractivity contribution is 7.65. The van der Waals surface area contributed by atoms with Crippen LogP contribution in [0.3, 0.4) is 0 Å². The second-order valence-corrected chi connectivity index (χ2v) is 3.18. The van der Waals surface area contributed by atoms with Crippen molar-refractivity contribution in [1.82, 2.24) is 4.90 Å². The van der Waals surface area contributed by atoms with Crippen LogP contribution >= 0.6 is 0 Å². The summed E-state index contributed by atoms with van der Waals surface area (Å²) in [5, 5.41) is 9.01. The number of hydrogen-bond donors (Lipinski definition) is 1. The molecule has 0 unspecified atom stereocenters. The molecule has 0 heterocycles. The van der Waals surface area contributed by atoms with Crippen LogP contribution < -0.4 is 0 Å². The summed E-state index contributed by atoms with van der Waals surface area (Å²) in [6.07, 6.45) is 3.34. The number of nitrogens with zero attached hydrogens (tertiary/aromatic N) is 1. The van der Waals surface area contributed by atoms with E-state index in [0.717, 1.165) is 25.8 Å². The summed E-state index contributed by atoms with van der Waals surface area (Å²) in [7, 11) is 0. The van der Waals surface area contributed by atoms with E-state index in [0.29, 0.717) is 6.54 Å². The lowest BCUT2D eigenvalue weighted by Crippen LogP contribution is -2.31. The van der Waals surface area contributed by atoms with Crippen molar-refractivity contribution in [2.24, 2.45) is 0 Å². The summed E-state index contributed by atoms with van der Waals surface area (Å²) in [6, 6.07) is 0. The van der Waals surface area contributed by atoms with Crippen LogP contribution in [0.25, 0.3) is 0 Å². The van der Waals surface area contributed by atoms with E-state index in [4.69, 9.17) is 5.11 Å². The average molecular weight is 191 g/mol. The molecule has 0 aromatic heterocycles. The third kappa shape index (κ3) is 4.64. The summed E-state index contributed by atoms with van der Waals surface area (Å²) in [6.45, 7) is 5.54. The fourth-order valence-corrected chi connectivity index (χ4v) is 1.32. The van der Waals surface area contributed by atoms with Gasteiger partial charge in [0.15, 0.2) is 0 Å². The van der Waals surface area contributed by atoms with E-state index in [-0.39, 0.29) is 16.4 Å². The SMILES string of the molecule is CCCCCN(CC)C(O)=S=O. The van der Waals surface area contributed by atoms with Gasteiger partial charge in [-0.2, -0.15) is 0 Å². The van der Waals surface area contributed by atoms with Gasteiger partial charge >= 0.3 is 0 Å². The third-order valence-electron chi connectivity index (χ3n) is 1.76. The van der Waals surface area contributed by atoms with E-state index in [1.165, 1.54) is 0 Å². The van der Waals surface area contributed by atoms with E-state index in [1.54, 1.807) is 4.90 Å².